The highest BCUT2D eigenvalue weighted by atomic mass is 32.2. The summed E-state index contributed by atoms with van der Waals surface area (Å²) in [4.78, 5) is 11.7. The number of carbonyl (C=O) groups is 1. The van der Waals surface area contributed by atoms with Gasteiger partial charge in [-0.25, -0.2) is 13.1 Å². The minimum atomic E-state index is -3.75. The number of sulfonamides is 1. The van der Waals surface area contributed by atoms with Crippen LogP contribution in [0.1, 0.15) is 12.7 Å². The van der Waals surface area contributed by atoms with Crippen molar-refractivity contribution in [3.05, 3.63) is 48.4 Å². The van der Waals surface area contributed by atoms with Gasteiger partial charge >= 0.3 is 0 Å². The molecular formula is C15H18N2O5S. The number of hydrogen-bond acceptors (Lipinski definition) is 5. The van der Waals surface area contributed by atoms with E-state index in [1.807, 2.05) is 6.92 Å². The minimum absolute atomic E-state index is 0.0692. The molecule has 0 spiro atoms. The van der Waals surface area contributed by atoms with Gasteiger partial charge in [0.1, 0.15) is 11.5 Å². The van der Waals surface area contributed by atoms with E-state index in [0.717, 1.165) is 0 Å². The number of rotatable bonds is 8. The van der Waals surface area contributed by atoms with Crippen LogP contribution >= 0.6 is 0 Å². The Labute approximate surface area is 134 Å². The first-order chi connectivity index (χ1) is 11.0. The molecule has 0 unspecified atom stereocenters. The van der Waals surface area contributed by atoms with E-state index < -0.39 is 15.9 Å². The van der Waals surface area contributed by atoms with Gasteiger partial charge in [-0.1, -0.05) is 0 Å². The van der Waals surface area contributed by atoms with E-state index >= 15 is 0 Å². The van der Waals surface area contributed by atoms with Crippen molar-refractivity contribution < 1.29 is 22.4 Å². The molecule has 124 valence electrons. The molecule has 0 aliphatic carbocycles. The molecule has 1 heterocycles. The average Bonchev–Trinajstić information content (AvgIpc) is 3.05. The standard InChI is InChI=1S/C15H18N2O5S/c1-2-21-12-5-7-14(8-6-12)23(19,20)17-11-15(18)16-10-13-4-3-9-22-13/h3-9,17H,2,10-11H2,1H3,(H,16,18). The SMILES string of the molecule is CCOc1ccc(S(=O)(=O)NCC(=O)NCc2ccco2)cc1. The Morgan fingerprint density at radius 3 is 2.57 bits per heavy atom. The first kappa shape index (κ1) is 17.0. The van der Waals surface area contributed by atoms with Gasteiger partial charge in [0.25, 0.3) is 0 Å². The Bertz CT molecular complexity index is 724. The first-order valence-corrected chi connectivity index (χ1v) is 8.51. The quantitative estimate of drug-likeness (QED) is 0.755. The molecule has 1 amide bonds. The average molecular weight is 338 g/mol. The zero-order chi connectivity index (χ0) is 16.7. The third-order valence-electron chi connectivity index (χ3n) is 2.91. The highest BCUT2D eigenvalue weighted by molar-refractivity contribution is 7.89. The minimum Gasteiger partial charge on any atom is -0.494 e. The van der Waals surface area contributed by atoms with Crippen LogP contribution in [0, 0.1) is 0 Å². The van der Waals surface area contributed by atoms with Crippen LogP contribution in [-0.4, -0.2) is 27.5 Å². The lowest BCUT2D eigenvalue weighted by Gasteiger charge is -2.08. The van der Waals surface area contributed by atoms with E-state index in [9.17, 15) is 13.2 Å². The van der Waals surface area contributed by atoms with Crippen LogP contribution in [0.15, 0.2) is 52.0 Å². The van der Waals surface area contributed by atoms with Crippen LogP contribution in [-0.2, 0) is 21.4 Å². The van der Waals surface area contributed by atoms with E-state index in [-0.39, 0.29) is 18.0 Å². The molecule has 0 aliphatic heterocycles. The monoisotopic (exact) mass is 338 g/mol. The number of hydrogen-bond donors (Lipinski definition) is 2. The molecule has 0 radical (unpaired) electrons. The van der Waals surface area contributed by atoms with Crippen molar-refractivity contribution in [3.8, 4) is 5.75 Å². The molecule has 0 aliphatic rings. The summed E-state index contributed by atoms with van der Waals surface area (Å²) >= 11 is 0. The van der Waals surface area contributed by atoms with Crippen LogP contribution in [0.3, 0.4) is 0 Å². The Kier molecular flexibility index (Phi) is 5.78. The zero-order valence-corrected chi connectivity index (χ0v) is 13.4. The maximum atomic E-state index is 12.1. The Morgan fingerprint density at radius 1 is 1.22 bits per heavy atom. The molecule has 23 heavy (non-hydrogen) atoms. The molecule has 2 aromatic rings. The largest absolute Gasteiger partial charge is 0.494 e. The zero-order valence-electron chi connectivity index (χ0n) is 12.6. The normalized spacial score (nSPS) is 11.2. The topological polar surface area (TPSA) is 97.6 Å². The number of benzene rings is 1. The van der Waals surface area contributed by atoms with E-state index in [1.54, 1.807) is 24.3 Å². The summed E-state index contributed by atoms with van der Waals surface area (Å²) in [7, 11) is -3.75. The second-order valence-corrected chi connectivity index (χ2v) is 6.35. The van der Waals surface area contributed by atoms with Crippen molar-refractivity contribution >= 4 is 15.9 Å². The summed E-state index contributed by atoms with van der Waals surface area (Å²) in [6.45, 7) is 2.20. The molecule has 8 heteroatoms. The molecule has 0 fully saturated rings. The maximum Gasteiger partial charge on any atom is 0.241 e. The molecule has 0 saturated heterocycles. The third-order valence-corrected chi connectivity index (χ3v) is 4.32. The van der Waals surface area contributed by atoms with Crippen molar-refractivity contribution in [1.82, 2.24) is 10.0 Å². The number of amides is 1. The third kappa shape index (κ3) is 5.11. The highest BCUT2D eigenvalue weighted by Crippen LogP contribution is 2.15. The highest BCUT2D eigenvalue weighted by Gasteiger charge is 2.15. The number of carbonyl (C=O) groups excluding carboxylic acids is 1. The summed E-state index contributed by atoms with van der Waals surface area (Å²) in [6, 6.07) is 9.40. The predicted molar refractivity (Wildman–Crippen MR) is 83.4 cm³/mol. The molecule has 7 nitrogen and oxygen atoms in total. The summed E-state index contributed by atoms with van der Waals surface area (Å²) in [5.74, 6) is 0.728. The summed E-state index contributed by atoms with van der Waals surface area (Å²) in [6.07, 6.45) is 1.50. The lowest BCUT2D eigenvalue weighted by Crippen LogP contribution is -2.36. The summed E-state index contributed by atoms with van der Waals surface area (Å²) in [5.41, 5.74) is 0. The van der Waals surface area contributed by atoms with Gasteiger partial charge in [-0.3, -0.25) is 4.79 Å². The van der Waals surface area contributed by atoms with E-state index in [4.69, 9.17) is 9.15 Å². The first-order valence-electron chi connectivity index (χ1n) is 7.03. The summed E-state index contributed by atoms with van der Waals surface area (Å²) < 4.78 is 36.7. The summed E-state index contributed by atoms with van der Waals surface area (Å²) in [5, 5.41) is 2.56. The lowest BCUT2D eigenvalue weighted by molar-refractivity contribution is -0.120. The van der Waals surface area contributed by atoms with Crippen LogP contribution < -0.4 is 14.8 Å². The van der Waals surface area contributed by atoms with Gasteiger partial charge in [-0.2, -0.15) is 0 Å². The fourth-order valence-corrected chi connectivity index (χ4v) is 2.77. The number of furan rings is 1. The van der Waals surface area contributed by atoms with Gasteiger partial charge in [-0.05, 0) is 43.3 Å². The fraction of sp³-hybridized carbons (Fsp3) is 0.267. The van der Waals surface area contributed by atoms with Gasteiger partial charge in [-0.15, -0.1) is 0 Å². The van der Waals surface area contributed by atoms with Crippen LogP contribution in [0.5, 0.6) is 5.75 Å². The van der Waals surface area contributed by atoms with Gasteiger partial charge in [0.05, 0.1) is 30.9 Å². The molecule has 2 N–H and O–H groups in total. The number of ether oxygens (including phenoxy) is 1. The Balaban J connectivity index is 1.86. The van der Waals surface area contributed by atoms with Gasteiger partial charge < -0.3 is 14.5 Å². The Morgan fingerprint density at radius 2 is 1.96 bits per heavy atom. The fourth-order valence-electron chi connectivity index (χ4n) is 1.79. The molecule has 1 aromatic heterocycles. The number of nitrogens with one attached hydrogen (secondary N) is 2. The molecular weight excluding hydrogens is 320 g/mol. The molecule has 0 bridgehead atoms. The van der Waals surface area contributed by atoms with E-state index in [1.165, 1.54) is 18.4 Å². The second-order valence-electron chi connectivity index (χ2n) is 4.59. The van der Waals surface area contributed by atoms with Gasteiger partial charge in [0.15, 0.2) is 0 Å². The molecule has 0 atom stereocenters. The van der Waals surface area contributed by atoms with E-state index in [2.05, 4.69) is 10.0 Å². The van der Waals surface area contributed by atoms with Gasteiger partial charge in [0, 0.05) is 0 Å². The van der Waals surface area contributed by atoms with Crippen LogP contribution in [0.4, 0.5) is 0 Å². The molecule has 1 aromatic carbocycles. The second kappa shape index (κ2) is 7.80. The Hall–Kier alpha value is -2.32. The van der Waals surface area contributed by atoms with Crippen molar-refractivity contribution in [2.45, 2.75) is 18.4 Å². The van der Waals surface area contributed by atoms with Crippen molar-refractivity contribution in [2.24, 2.45) is 0 Å². The van der Waals surface area contributed by atoms with Crippen LogP contribution in [0.25, 0.3) is 0 Å². The molecule has 0 saturated carbocycles. The van der Waals surface area contributed by atoms with Crippen molar-refractivity contribution in [1.29, 1.82) is 0 Å². The van der Waals surface area contributed by atoms with Crippen LogP contribution in [0.2, 0.25) is 0 Å². The van der Waals surface area contributed by atoms with Gasteiger partial charge in [0.2, 0.25) is 15.9 Å². The molecule has 2 rings (SSSR count). The van der Waals surface area contributed by atoms with Crippen molar-refractivity contribution in [3.63, 3.8) is 0 Å². The van der Waals surface area contributed by atoms with Crippen molar-refractivity contribution in [2.75, 3.05) is 13.2 Å². The lowest BCUT2D eigenvalue weighted by atomic mass is 10.3. The predicted octanol–water partition coefficient (Wildman–Crippen LogP) is 1.27. The maximum absolute atomic E-state index is 12.1. The van der Waals surface area contributed by atoms with E-state index in [0.29, 0.717) is 18.1 Å². The smallest absolute Gasteiger partial charge is 0.241 e.